The van der Waals surface area contributed by atoms with Gasteiger partial charge in [-0.2, -0.15) is 0 Å². The zero-order valence-electron chi connectivity index (χ0n) is 7.42. The molecule has 11 heavy (non-hydrogen) atoms. The SMILES string of the molecule is CC1COC(C(C)CCO)C1. The highest BCUT2D eigenvalue weighted by Gasteiger charge is 2.26. The Kier molecular flexibility index (Phi) is 3.34. The van der Waals surface area contributed by atoms with Crippen LogP contribution in [0.5, 0.6) is 0 Å². The maximum absolute atomic E-state index is 8.71. The lowest BCUT2D eigenvalue weighted by atomic mass is 9.96. The summed E-state index contributed by atoms with van der Waals surface area (Å²) < 4.78 is 5.57. The molecular weight excluding hydrogens is 140 g/mol. The van der Waals surface area contributed by atoms with Crippen LogP contribution in [0.3, 0.4) is 0 Å². The van der Waals surface area contributed by atoms with E-state index in [0.717, 1.165) is 13.0 Å². The van der Waals surface area contributed by atoms with E-state index >= 15 is 0 Å². The van der Waals surface area contributed by atoms with Crippen LogP contribution in [0, 0.1) is 11.8 Å². The van der Waals surface area contributed by atoms with Crippen LogP contribution < -0.4 is 0 Å². The molecule has 1 heterocycles. The van der Waals surface area contributed by atoms with Gasteiger partial charge in [-0.3, -0.25) is 0 Å². The summed E-state index contributed by atoms with van der Waals surface area (Å²) in [6.07, 6.45) is 2.44. The van der Waals surface area contributed by atoms with E-state index < -0.39 is 0 Å². The van der Waals surface area contributed by atoms with Gasteiger partial charge < -0.3 is 9.84 Å². The molecule has 2 nitrogen and oxygen atoms in total. The first kappa shape index (κ1) is 9.01. The van der Waals surface area contributed by atoms with Crippen molar-refractivity contribution in [3.63, 3.8) is 0 Å². The van der Waals surface area contributed by atoms with Crippen molar-refractivity contribution in [2.75, 3.05) is 13.2 Å². The number of rotatable bonds is 3. The maximum Gasteiger partial charge on any atom is 0.0605 e. The van der Waals surface area contributed by atoms with Crippen molar-refractivity contribution < 1.29 is 9.84 Å². The largest absolute Gasteiger partial charge is 0.396 e. The summed E-state index contributed by atoms with van der Waals surface area (Å²) in [6.45, 7) is 5.56. The quantitative estimate of drug-likeness (QED) is 0.673. The predicted octanol–water partition coefficient (Wildman–Crippen LogP) is 1.43. The Morgan fingerprint density at radius 3 is 2.82 bits per heavy atom. The fraction of sp³-hybridized carbons (Fsp3) is 1.00. The molecule has 2 heteroatoms. The highest BCUT2D eigenvalue weighted by molar-refractivity contribution is 4.74. The van der Waals surface area contributed by atoms with Crippen LogP contribution in [0.2, 0.25) is 0 Å². The molecule has 1 aliphatic rings. The van der Waals surface area contributed by atoms with E-state index in [1.807, 2.05) is 0 Å². The Morgan fingerprint density at radius 2 is 2.36 bits per heavy atom. The third-order valence-corrected chi connectivity index (χ3v) is 2.45. The lowest BCUT2D eigenvalue weighted by molar-refractivity contribution is 0.0574. The van der Waals surface area contributed by atoms with Crippen LogP contribution in [-0.2, 0) is 4.74 Å². The van der Waals surface area contributed by atoms with Crippen LogP contribution in [0.15, 0.2) is 0 Å². The molecule has 0 spiro atoms. The molecule has 0 aromatic carbocycles. The van der Waals surface area contributed by atoms with Crippen molar-refractivity contribution in [1.82, 2.24) is 0 Å². The standard InChI is InChI=1S/C9H18O2/c1-7-5-9(11-6-7)8(2)3-4-10/h7-10H,3-6H2,1-2H3. The fourth-order valence-electron chi connectivity index (χ4n) is 1.61. The Hall–Kier alpha value is -0.0800. The Balaban J connectivity index is 2.25. The molecule has 1 rings (SSSR count). The van der Waals surface area contributed by atoms with E-state index in [0.29, 0.717) is 17.9 Å². The van der Waals surface area contributed by atoms with Crippen molar-refractivity contribution in [2.45, 2.75) is 32.8 Å². The molecule has 1 saturated heterocycles. The Labute approximate surface area is 68.6 Å². The van der Waals surface area contributed by atoms with E-state index in [4.69, 9.17) is 9.84 Å². The summed E-state index contributed by atoms with van der Waals surface area (Å²) in [6, 6.07) is 0. The molecule has 66 valence electrons. The minimum absolute atomic E-state index is 0.287. The van der Waals surface area contributed by atoms with Crippen LogP contribution in [0.25, 0.3) is 0 Å². The van der Waals surface area contributed by atoms with E-state index in [9.17, 15) is 0 Å². The van der Waals surface area contributed by atoms with Crippen LogP contribution >= 0.6 is 0 Å². The zero-order valence-corrected chi connectivity index (χ0v) is 7.42. The van der Waals surface area contributed by atoms with Crippen molar-refractivity contribution in [3.05, 3.63) is 0 Å². The second-order valence-corrected chi connectivity index (χ2v) is 3.70. The minimum atomic E-state index is 0.287. The molecule has 0 amide bonds. The van der Waals surface area contributed by atoms with E-state index in [-0.39, 0.29) is 6.61 Å². The molecule has 0 aromatic heterocycles. The molecule has 0 radical (unpaired) electrons. The van der Waals surface area contributed by atoms with Gasteiger partial charge >= 0.3 is 0 Å². The van der Waals surface area contributed by atoms with Gasteiger partial charge in [0.05, 0.1) is 6.10 Å². The molecule has 0 saturated carbocycles. The van der Waals surface area contributed by atoms with E-state index in [1.54, 1.807) is 0 Å². The topological polar surface area (TPSA) is 29.5 Å². The van der Waals surface area contributed by atoms with Gasteiger partial charge in [0, 0.05) is 13.2 Å². The van der Waals surface area contributed by atoms with E-state index in [1.165, 1.54) is 6.42 Å². The number of hydrogen-bond acceptors (Lipinski definition) is 2. The summed E-state index contributed by atoms with van der Waals surface area (Å²) in [5, 5.41) is 8.71. The lowest BCUT2D eigenvalue weighted by Gasteiger charge is -2.16. The summed E-state index contributed by atoms with van der Waals surface area (Å²) in [5.74, 6) is 1.23. The van der Waals surface area contributed by atoms with Crippen molar-refractivity contribution in [2.24, 2.45) is 11.8 Å². The Bertz CT molecular complexity index is 114. The molecular formula is C9H18O2. The molecule has 0 aromatic rings. The van der Waals surface area contributed by atoms with Crippen molar-refractivity contribution in [3.8, 4) is 0 Å². The molecule has 1 aliphatic heterocycles. The van der Waals surface area contributed by atoms with Gasteiger partial charge in [0.15, 0.2) is 0 Å². The first-order chi connectivity index (χ1) is 5.24. The molecule has 1 fully saturated rings. The van der Waals surface area contributed by atoms with Crippen LogP contribution in [-0.4, -0.2) is 24.4 Å². The number of hydrogen-bond donors (Lipinski definition) is 1. The average molecular weight is 158 g/mol. The lowest BCUT2D eigenvalue weighted by Crippen LogP contribution is -2.17. The molecule has 3 unspecified atom stereocenters. The zero-order chi connectivity index (χ0) is 8.27. The predicted molar refractivity (Wildman–Crippen MR) is 44.4 cm³/mol. The fourth-order valence-corrected chi connectivity index (χ4v) is 1.61. The molecule has 3 atom stereocenters. The first-order valence-corrected chi connectivity index (χ1v) is 4.46. The minimum Gasteiger partial charge on any atom is -0.396 e. The number of ether oxygens (including phenoxy) is 1. The van der Waals surface area contributed by atoms with Gasteiger partial charge in [0.25, 0.3) is 0 Å². The first-order valence-electron chi connectivity index (χ1n) is 4.46. The van der Waals surface area contributed by atoms with Crippen molar-refractivity contribution in [1.29, 1.82) is 0 Å². The highest BCUT2D eigenvalue weighted by atomic mass is 16.5. The molecule has 1 N–H and O–H groups in total. The summed E-state index contributed by atoms with van der Waals surface area (Å²) in [5.41, 5.74) is 0. The van der Waals surface area contributed by atoms with Gasteiger partial charge in [-0.25, -0.2) is 0 Å². The number of aliphatic hydroxyl groups is 1. The van der Waals surface area contributed by atoms with Crippen LogP contribution in [0.1, 0.15) is 26.7 Å². The van der Waals surface area contributed by atoms with Gasteiger partial charge in [0.2, 0.25) is 0 Å². The van der Waals surface area contributed by atoms with Gasteiger partial charge in [-0.1, -0.05) is 13.8 Å². The highest BCUT2D eigenvalue weighted by Crippen LogP contribution is 2.25. The van der Waals surface area contributed by atoms with Gasteiger partial charge in [-0.05, 0) is 24.7 Å². The van der Waals surface area contributed by atoms with Gasteiger partial charge in [0.1, 0.15) is 0 Å². The summed E-state index contributed by atoms with van der Waals surface area (Å²) >= 11 is 0. The Morgan fingerprint density at radius 1 is 1.64 bits per heavy atom. The van der Waals surface area contributed by atoms with Gasteiger partial charge in [-0.15, -0.1) is 0 Å². The van der Waals surface area contributed by atoms with E-state index in [2.05, 4.69) is 13.8 Å². The van der Waals surface area contributed by atoms with Crippen molar-refractivity contribution >= 4 is 0 Å². The third-order valence-electron chi connectivity index (χ3n) is 2.45. The summed E-state index contributed by atoms with van der Waals surface area (Å²) in [7, 11) is 0. The molecule has 0 bridgehead atoms. The smallest absolute Gasteiger partial charge is 0.0605 e. The average Bonchev–Trinajstić information content (AvgIpc) is 2.36. The second-order valence-electron chi connectivity index (χ2n) is 3.70. The van der Waals surface area contributed by atoms with Crippen LogP contribution in [0.4, 0.5) is 0 Å². The normalized spacial score (nSPS) is 34.1. The monoisotopic (exact) mass is 158 g/mol. The molecule has 0 aliphatic carbocycles. The summed E-state index contributed by atoms with van der Waals surface area (Å²) in [4.78, 5) is 0. The maximum atomic E-state index is 8.71. The second kappa shape index (κ2) is 4.07. The third kappa shape index (κ3) is 2.46. The number of aliphatic hydroxyl groups excluding tert-OH is 1.